The number of carbonyl (C=O) groups is 1. The van der Waals surface area contributed by atoms with E-state index < -0.39 is 11.6 Å². The maximum absolute atomic E-state index is 13.3. The maximum Gasteiger partial charge on any atom is 0.226 e. The van der Waals surface area contributed by atoms with Gasteiger partial charge in [-0.15, -0.1) is 0 Å². The van der Waals surface area contributed by atoms with Gasteiger partial charge in [0.25, 0.3) is 0 Å². The van der Waals surface area contributed by atoms with E-state index in [2.05, 4.69) is 10.6 Å². The lowest BCUT2D eigenvalue weighted by Gasteiger charge is -2.17. The molecule has 0 aliphatic carbocycles. The second-order valence-electron chi connectivity index (χ2n) is 4.67. The fourth-order valence-corrected chi connectivity index (χ4v) is 2.28. The van der Waals surface area contributed by atoms with Crippen LogP contribution in [0.5, 0.6) is 0 Å². The fraction of sp³-hybridized carbons (Fsp3) is 0.133. The van der Waals surface area contributed by atoms with Crippen molar-refractivity contribution in [3.8, 4) is 0 Å². The molecule has 1 amide bonds. The molecule has 1 aliphatic heterocycles. The third-order valence-electron chi connectivity index (χ3n) is 3.26. The van der Waals surface area contributed by atoms with Crippen LogP contribution in [0.2, 0.25) is 0 Å². The molecule has 0 fully saturated rings. The Hall–Kier alpha value is -2.43. The van der Waals surface area contributed by atoms with Crippen molar-refractivity contribution < 1.29 is 13.6 Å². The first-order valence-electron chi connectivity index (χ1n) is 6.24. The van der Waals surface area contributed by atoms with Crippen LogP contribution >= 0.6 is 0 Å². The van der Waals surface area contributed by atoms with Gasteiger partial charge in [-0.25, -0.2) is 8.78 Å². The Morgan fingerprint density at radius 3 is 2.35 bits per heavy atom. The zero-order valence-electron chi connectivity index (χ0n) is 10.5. The van der Waals surface area contributed by atoms with E-state index in [4.69, 9.17) is 0 Å². The van der Waals surface area contributed by atoms with E-state index in [1.54, 1.807) is 0 Å². The molecule has 2 aromatic rings. The summed E-state index contributed by atoms with van der Waals surface area (Å²) in [6, 6.07) is 11.2. The Labute approximate surface area is 114 Å². The van der Waals surface area contributed by atoms with Crippen molar-refractivity contribution in [2.24, 2.45) is 0 Å². The minimum absolute atomic E-state index is 0.196. The number of hydrogen-bond acceptors (Lipinski definition) is 2. The van der Waals surface area contributed by atoms with E-state index in [0.29, 0.717) is 5.69 Å². The van der Waals surface area contributed by atoms with Crippen LogP contribution in [-0.2, 0) is 4.79 Å². The lowest BCUT2D eigenvalue weighted by molar-refractivity contribution is -0.116. The van der Waals surface area contributed by atoms with Crippen LogP contribution in [0.3, 0.4) is 0 Å². The molecule has 0 saturated heterocycles. The van der Waals surface area contributed by atoms with E-state index in [1.165, 1.54) is 0 Å². The third-order valence-corrected chi connectivity index (χ3v) is 3.26. The van der Waals surface area contributed by atoms with E-state index in [1.807, 2.05) is 30.3 Å². The molecule has 5 heteroatoms. The van der Waals surface area contributed by atoms with Crippen molar-refractivity contribution >= 4 is 17.3 Å². The maximum atomic E-state index is 13.3. The summed E-state index contributed by atoms with van der Waals surface area (Å²) in [6.45, 7) is 0. The summed E-state index contributed by atoms with van der Waals surface area (Å²) in [5, 5.41) is 5.67. The highest BCUT2D eigenvalue weighted by atomic mass is 19.2. The average Bonchev–Trinajstić information content (AvgIpc) is 2.59. The highest BCUT2D eigenvalue weighted by molar-refractivity contribution is 5.96. The zero-order valence-corrected chi connectivity index (χ0v) is 10.5. The number of rotatable bonds is 1. The summed E-state index contributed by atoms with van der Waals surface area (Å²) in [7, 11) is 0. The van der Waals surface area contributed by atoms with E-state index in [-0.39, 0.29) is 24.1 Å². The summed E-state index contributed by atoms with van der Waals surface area (Å²) in [5.74, 6) is -2.17. The third kappa shape index (κ3) is 2.34. The molecule has 2 N–H and O–H groups in total. The predicted octanol–water partition coefficient (Wildman–Crippen LogP) is 3.46. The molecule has 1 atom stereocenters. The molecule has 2 aromatic carbocycles. The Balaban J connectivity index is 2.01. The molecular weight excluding hydrogens is 262 g/mol. The van der Waals surface area contributed by atoms with Gasteiger partial charge in [0.1, 0.15) is 0 Å². The quantitative estimate of drug-likeness (QED) is 0.836. The van der Waals surface area contributed by atoms with Crippen LogP contribution in [0, 0.1) is 11.6 Å². The van der Waals surface area contributed by atoms with Gasteiger partial charge in [-0.05, 0) is 5.56 Å². The van der Waals surface area contributed by atoms with E-state index >= 15 is 0 Å². The van der Waals surface area contributed by atoms with Crippen LogP contribution in [0.4, 0.5) is 20.2 Å². The number of fused-ring (bicyclic) bond motifs is 1. The minimum Gasteiger partial charge on any atom is -0.376 e. The van der Waals surface area contributed by atoms with Gasteiger partial charge >= 0.3 is 0 Å². The molecule has 102 valence electrons. The van der Waals surface area contributed by atoms with Gasteiger partial charge in [0.15, 0.2) is 11.6 Å². The van der Waals surface area contributed by atoms with Gasteiger partial charge in [-0.2, -0.15) is 0 Å². The second-order valence-corrected chi connectivity index (χ2v) is 4.67. The number of amides is 1. The molecular formula is C15H12F2N2O. The summed E-state index contributed by atoms with van der Waals surface area (Å²) in [6.07, 6.45) is 0.196. The number of halogens is 2. The van der Waals surface area contributed by atoms with Crippen molar-refractivity contribution in [1.29, 1.82) is 0 Å². The van der Waals surface area contributed by atoms with Crippen LogP contribution in [-0.4, -0.2) is 5.91 Å². The van der Waals surface area contributed by atoms with Gasteiger partial charge in [-0.3, -0.25) is 4.79 Å². The Morgan fingerprint density at radius 1 is 1.00 bits per heavy atom. The number of hydrogen-bond donors (Lipinski definition) is 2. The number of anilines is 2. The van der Waals surface area contributed by atoms with Crippen LogP contribution in [0.25, 0.3) is 0 Å². The molecule has 0 bridgehead atoms. The lowest BCUT2D eigenvalue weighted by atomic mass is 10.0. The molecule has 0 saturated carbocycles. The molecule has 0 spiro atoms. The summed E-state index contributed by atoms with van der Waals surface area (Å²) >= 11 is 0. The van der Waals surface area contributed by atoms with Crippen molar-refractivity contribution in [3.05, 3.63) is 59.7 Å². The first-order valence-corrected chi connectivity index (χ1v) is 6.24. The average molecular weight is 274 g/mol. The zero-order chi connectivity index (χ0) is 14.1. The van der Waals surface area contributed by atoms with Crippen molar-refractivity contribution in [2.75, 3.05) is 10.6 Å². The molecule has 0 aromatic heterocycles. The summed E-state index contributed by atoms with van der Waals surface area (Å²) in [4.78, 5) is 11.9. The van der Waals surface area contributed by atoms with Crippen molar-refractivity contribution in [2.45, 2.75) is 12.5 Å². The molecule has 1 aliphatic rings. The minimum atomic E-state index is -0.982. The molecule has 3 rings (SSSR count). The Morgan fingerprint density at radius 2 is 1.65 bits per heavy atom. The van der Waals surface area contributed by atoms with Gasteiger partial charge in [0, 0.05) is 12.1 Å². The number of carbonyl (C=O) groups excluding carboxylic acids is 1. The Bertz CT molecular complexity index is 658. The van der Waals surface area contributed by atoms with Crippen molar-refractivity contribution in [3.63, 3.8) is 0 Å². The van der Waals surface area contributed by atoms with Gasteiger partial charge in [-0.1, -0.05) is 30.3 Å². The summed E-state index contributed by atoms with van der Waals surface area (Å²) < 4.78 is 26.6. The fourth-order valence-electron chi connectivity index (χ4n) is 2.28. The monoisotopic (exact) mass is 274 g/mol. The van der Waals surface area contributed by atoms with Crippen LogP contribution in [0.1, 0.15) is 18.0 Å². The molecule has 1 heterocycles. The molecule has 0 unspecified atom stereocenters. The largest absolute Gasteiger partial charge is 0.376 e. The molecule has 20 heavy (non-hydrogen) atoms. The SMILES string of the molecule is O=C1C[C@H](c2ccccc2)Nc2cc(F)c(F)cc2N1. The van der Waals surface area contributed by atoms with Crippen molar-refractivity contribution in [1.82, 2.24) is 0 Å². The van der Waals surface area contributed by atoms with Gasteiger partial charge in [0.2, 0.25) is 5.91 Å². The highest BCUT2D eigenvalue weighted by Crippen LogP contribution is 2.33. The standard InChI is InChI=1S/C15H12F2N2O/c16-10-6-13-14(7-11(10)17)19-15(20)8-12(18-13)9-4-2-1-3-5-9/h1-7,12,18H,8H2,(H,19,20)/t12-/m1/s1. The molecule has 0 radical (unpaired) electrons. The molecule has 3 nitrogen and oxygen atoms in total. The first kappa shape index (κ1) is 12.6. The number of nitrogens with one attached hydrogen (secondary N) is 2. The lowest BCUT2D eigenvalue weighted by Crippen LogP contribution is -2.15. The normalized spacial score (nSPS) is 17.7. The van der Waals surface area contributed by atoms with Crippen LogP contribution < -0.4 is 10.6 Å². The first-order chi connectivity index (χ1) is 9.63. The summed E-state index contributed by atoms with van der Waals surface area (Å²) in [5.41, 5.74) is 1.55. The van der Waals surface area contributed by atoms with Gasteiger partial charge < -0.3 is 10.6 Å². The van der Waals surface area contributed by atoms with E-state index in [0.717, 1.165) is 17.7 Å². The van der Waals surface area contributed by atoms with Crippen LogP contribution in [0.15, 0.2) is 42.5 Å². The Kier molecular flexibility index (Phi) is 3.10. The van der Waals surface area contributed by atoms with E-state index in [9.17, 15) is 13.6 Å². The topological polar surface area (TPSA) is 41.1 Å². The van der Waals surface area contributed by atoms with Gasteiger partial charge in [0.05, 0.1) is 23.8 Å². The second kappa shape index (κ2) is 4.92. The number of benzene rings is 2. The smallest absolute Gasteiger partial charge is 0.226 e. The highest BCUT2D eigenvalue weighted by Gasteiger charge is 2.23. The predicted molar refractivity (Wildman–Crippen MR) is 72.4 cm³/mol.